The van der Waals surface area contributed by atoms with Crippen molar-refractivity contribution < 1.29 is 4.79 Å². The van der Waals surface area contributed by atoms with Crippen LogP contribution >= 0.6 is 12.4 Å². The third-order valence-corrected chi connectivity index (χ3v) is 5.07. The van der Waals surface area contributed by atoms with E-state index in [1.165, 1.54) is 11.1 Å². The molecule has 3 N–H and O–H groups in total. The van der Waals surface area contributed by atoms with Gasteiger partial charge < -0.3 is 11.1 Å². The molecular formula is C18H29ClN2O. The lowest BCUT2D eigenvalue weighted by molar-refractivity contribution is -0.124. The number of hydrogen-bond donors (Lipinski definition) is 2. The minimum absolute atomic E-state index is 0. The number of amides is 1. The van der Waals surface area contributed by atoms with Gasteiger partial charge in [0.1, 0.15) is 0 Å². The highest BCUT2D eigenvalue weighted by Gasteiger charge is 2.28. The second-order valence-corrected chi connectivity index (χ2v) is 6.32. The van der Waals surface area contributed by atoms with Gasteiger partial charge in [-0.3, -0.25) is 4.79 Å². The fourth-order valence-electron chi connectivity index (χ4n) is 3.32. The molecule has 0 heterocycles. The summed E-state index contributed by atoms with van der Waals surface area (Å²) in [7, 11) is 0. The van der Waals surface area contributed by atoms with Gasteiger partial charge in [-0.25, -0.2) is 0 Å². The van der Waals surface area contributed by atoms with E-state index in [9.17, 15) is 4.79 Å². The van der Waals surface area contributed by atoms with Gasteiger partial charge in [0.25, 0.3) is 0 Å². The molecule has 0 bridgehead atoms. The van der Waals surface area contributed by atoms with Crippen molar-refractivity contribution in [1.82, 2.24) is 5.32 Å². The van der Waals surface area contributed by atoms with Gasteiger partial charge in [0.15, 0.2) is 0 Å². The average molecular weight is 325 g/mol. The summed E-state index contributed by atoms with van der Waals surface area (Å²) in [6.07, 6.45) is 5.63. The molecule has 1 unspecified atom stereocenters. The lowest BCUT2D eigenvalue weighted by Gasteiger charge is -2.32. The summed E-state index contributed by atoms with van der Waals surface area (Å²) in [6.45, 7) is 4.69. The third kappa shape index (κ3) is 4.47. The lowest BCUT2D eigenvalue weighted by atomic mass is 9.82. The summed E-state index contributed by atoms with van der Waals surface area (Å²) < 4.78 is 0. The molecule has 0 aromatic heterocycles. The van der Waals surface area contributed by atoms with Crippen molar-refractivity contribution in [1.29, 1.82) is 0 Å². The van der Waals surface area contributed by atoms with E-state index in [1.807, 2.05) is 0 Å². The van der Waals surface area contributed by atoms with E-state index in [1.54, 1.807) is 0 Å². The molecule has 0 aliphatic heterocycles. The Morgan fingerprint density at radius 2 is 1.91 bits per heavy atom. The van der Waals surface area contributed by atoms with E-state index in [-0.39, 0.29) is 23.9 Å². The molecule has 0 saturated heterocycles. The van der Waals surface area contributed by atoms with E-state index in [4.69, 9.17) is 5.73 Å². The number of aryl methyl sites for hydroxylation is 1. The van der Waals surface area contributed by atoms with Gasteiger partial charge in [0, 0.05) is 13.0 Å². The summed E-state index contributed by atoms with van der Waals surface area (Å²) in [4.78, 5) is 12.3. The van der Waals surface area contributed by atoms with Gasteiger partial charge in [-0.1, -0.05) is 38.1 Å². The van der Waals surface area contributed by atoms with Gasteiger partial charge in [0.05, 0.1) is 5.54 Å². The van der Waals surface area contributed by atoms with Crippen molar-refractivity contribution in [3.05, 3.63) is 35.4 Å². The van der Waals surface area contributed by atoms with Crippen LogP contribution in [0.1, 0.15) is 50.7 Å². The number of rotatable bonds is 6. The SMILES string of the molecule is CCC(CC)(CN)NC(=O)CC1CCc2ccccc2C1.Cl. The number of carbonyl (C=O) groups is 1. The molecule has 0 radical (unpaired) electrons. The number of fused-ring (bicyclic) bond motifs is 1. The van der Waals surface area contributed by atoms with Crippen molar-refractivity contribution in [2.75, 3.05) is 6.54 Å². The first-order valence-electron chi connectivity index (χ1n) is 8.20. The molecule has 0 fully saturated rings. The summed E-state index contributed by atoms with van der Waals surface area (Å²) in [5.41, 5.74) is 8.51. The predicted octanol–water partition coefficient (Wildman–Crippen LogP) is 3.24. The van der Waals surface area contributed by atoms with Crippen LogP contribution in [-0.2, 0) is 17.6 Å². The second kappa shape index (κ2) is 8.54. The molecule has 0 saturated carbocycles. The van der Waals surface area contributed by atoms with Crippen LogP contribution in [-0.4, -0.2) is 18.0 Å². The highest BCUT2D eigenvalue weighted by atomic mass is 35.5. The highest BCUT2D eigenvalue weighted by Crippen LogP contribution is 2.27. The fraction of sp³-hybridized carbons (Fsp3) is 0.611. The van der Waals surface area contributed by atoms with Crippen LogP contribution in [0.5, 0.6) is 0 Å². The van der Waals surface area contributed by atoms with Crippen LogP contribution < -0.4 is 11.1 Å². The van der Waals surface area contributed by atoms with Crippen LogP contribution in [0.4, 0.5) is 0 Å². The Hall–Kier alpha value is -1.06. The molecule has 1 aromatic rings. The first kappa shape index (κ1) is 19.0. The number of nitrogens with two attached hydrogens (primary N) is 1. The Labute approximate surface area is 140 Å². The van der Waals surface area contributed by atoms with Crippen LogP contribution in [0, 0.1) is 5.92 Å². The quantitative estimate of drug-likeness (QED) is 0.844. The van der Waals surface area contributed by atoms with Crippen LogP contribution in [0.25, 0.3) is 0 Å². The molecule has 1 aromatic carbocycles. The van der Waals surface area contributed by atoms with Crippen LogP contribution in [0.3, 0.4) is 0 Å². The zero-order valence-electron chi connectivity index (χ0n) is 13.7. The van der Waals surface area contributed by atoms with Gasteiger partial charge >= 0.3 is 0 Å². The lowest BCUT2D eigenvalue weighted by Crippen LogP contribution is -2.53. The molecule has 3 nitrogen and oxygen atoms in total. The number of hydrogen-bond acceptors (Lipinski definition) is 2. The minimum atomic E-state index is -0.219. The Morgan fingerprint density at radius 1 is 1.27 bits per heavy atom. The second-order valence-electron chi connectivity index (χ2n) is 6.32. The monoisotopic (exact) mass is 324 g/mol. The maximum atomic E-state index is 12.3. The molecule has 22 heavy (non-hydrogen) atoms. The Bertz CT molecular complexity index is 477. The van der Waals surface area contributed by atoms with Crippen LogP contribution in [0.2, 0.25) is 0 Å². The number of halogens is 1. The van der Waals surface area contributed by atoms with Crippen LogP contribution in [0.15, 0.2) is 24.3 Å². The van der Waals surface area contributed by atoms with E-state index < -0.39 is 0 Å². The Balaban J connectivity index is 0.00000242. The van der Waals surface area contributed by atoms with Gasteiger partial charge in [-0.2, -0.15) is 0 Å². The Morgan fingerprint density at radius 3 is 2.50 bits per heavy atom. The van der Waals surface area contributed by atoms with Gasteiger partial charge in [-0.05, 0) is 49.1 Å². The zero-order chi connectivity index (χ0) is 15.3. The number of carbonyl (C=O) groups excluding carboxylic acids is 1. The third-order valence-electron chi connectivity index (χ3n) is 5.07. The number of benzene rings is 1. The summed E-state index contributed by atoms with van der Waals surface area (Å²) >= 11 is 0. The molecule has 1 amide bonds. The van der Waals surface area contributed by atoms with Crippen molar-refractivity contribution >= 4 is 18.3 Å². The highest BCUT2D eigenvalue weighted by molar-refractivity contribution is 5.85. The van der Waals surface area contributed by atoms with Crippen molar-refractivity contribution in [2.24, 2.45) is 11.7 Å². The Kier molecular flexibility index (Phi) is 7.37. The maximum absolute atomic E-state index is 12.3. The molecule has 1 atom stereocenters. The van der Waals surface area contributed by atoms with E-state index in [0.717, 1.165) is 32.1 Å². The van der Waals surface area contributed by atoms with E-state index >= 15 is 0 Å². The molecule has 4 heteroatoms. The molecule has 124 valence electrons. The maximum Gasteiger partial charge on any atom is 0.220 e. The van der Waals surface area contributed by atoms with Crippen molar-refractivity contribution in [3.8, 4) is 0 Å². The molecule has 1 aliphatic rings. The minimum Gasteiger partial charge on any atom is -0.349 e. The summed E-state index contributed by atoms with van der Waals surface area (Å²) in [5, 5.41) is 3.19. The average Bonchev–Trinajstić information content (AvgIpc) is 2.52. The zero-order valence-corrected chi connectivity index (χ0v) is 14.5. The van der Waals surface area contributed by atoms with Crippen molar-refractivity contribution in [2.45, 2.75) is 57.9 Å². The smallest absolute Gasteiger partial charge is 0.220 e. The topological polar surface area (TPSA) is 55.1 Å². The summed E-state index contributed by atoms with van der Waals surface area (Å²) in [6, 6.07) is 8.60. The standard InChI is InChI=1S/C18H28N2O.ClH/c1-3-18(4-2,13-19)20-17(21)12-14-9-10-15-7-5-6-8-16(15)11-14;/h5-8,14H,3-4,9-13,19H2,1-2H3,(H,20,21);1H. The molecular weight excluding hydrogens is 296 g/mol. The van der Waals surface area contributed by atoms with Gasteiger partial charge in [0.2, 0.25) is 5.91 Å². The molecule has 1 aliphatic carbocycles. The first-order valence-corrected chi connectivity index (χ1v) is 8.20. The predicted molar refractivity (Wildman–Crippen MR) is 94.3 cm³/mol. The largest absolute Gasteiger partial charge is 0.349 e. The van der Waals surface area contributed by atoms with E-state index in [2.05, 4.69) is 43.4 Å². The normalized spacial score (nSPS) is 17.3. The fourth-order valence-corrected chi connectivity index (χ4v) is 3.32. The van der Waals surface area contributed by atoms with Crippen molar-refractivity contribution in [3.63, 3.8) is 0 Å². The molecule has 0 spiro atoms. The number of nitrogens with one attached hydrogen (secondary N) is 1. The van der Waals surface area contributed by atoms with Gasteiger partial charge in [-0.15, -0.1) is 12.4 Å². The molecule has 2 rings (SSSR count). The first-order chi connectivity index (χ1) is 10.1. The van der Waals surface area contributed by atoms with E-state index in [0.29, 0.717) is 18.9 Å². The summed E-state index contributed by atoms with van der Waals surface area (Å²) in [5.74, 6) is 0.623.